The lowest BCUT2D eigenvalue weighted by atomic mass is 9.99. The van der Waals surface area contributed by atoms with E-state index < -0.39 is 0 Å². The molecule has 1 N–H and O–H groups in total. The molecular weight excluding hydrogens is 238 g/mol. The van der Waals surface area contributed by atoms with Gasteiger partial charge in [-0.1, -0.05) is 20.8 Å². The van der Waals surface area contributed by atoms with Crippen LogP contribution in [0, 0.1) is 5.92 Å². The van der Waals surface area contributed by atoms with Crippen LogP contribution in [0.4, 0.5) is 0 Å². The second-order valence-electron chi connectivity index (χ2n) is 6.26. The largest absolute Gasteiger partial charge is 0.325 e. The molecule has 4 nitrogen and oxygen atoms in total. The summed E-state index contributed by atoms with van der Waals surface area (Å²) in [6, 6.07) is 0. The summed E-state index contributed by atoms with van der Waals surface area (Å²) >= 11 is 0. The van der Waals surface area contributed by atoms with Crippen LogP contribution in [0.5, 0.6) is 0 Å². The molecule has 2 rings (SSSR count). The zero-order valence-electron chi connectivity index (χ0n) is 12.9. The summed E-state index contributed by atoms with van der Waals surface area (Å²) in [6.07, 6.45) is 3.32. The van der Waals surface area contributed by atoms with Crippen LogP contribution in [-0.2, 0) is 4.79 Å². The SMILES string of the molecule is CCC1NC(C)(CC)C(=O)N1CC1CCN(CC)C1. The molecule has 3 atom stereocenters. The van der Waals surface area contributed by atoms with E-state index in [-0.39, 0.29) is 11.7 Å². The molecule has 4 heteroatoms. The number of nitrogens with one attached hydrogen (secondary N) is 1. The highest BCUT2D eigenvalue weighted by molar-refractivity contribution is 5.88. The minimum atomic E-state index is -0.344. The van der Waals surface area contributed by atoms with Crippen molar-refractivity contribution in [2.45, 2.75) is 58.7 Å². The van der Waals surface area contributed by atoms with Crippen molar-refractivity contribution < 1.29 is 4.79 Å². The summed E-state index contributed by atoms with van der Waals surface area (Å²) in [5.74, 6) is 0.954. The zero-order valence-corrected chi connectivity index (χ0v) is 12.9. The smallest absolute Gasteiger partial charge is 0.243 e. The van der Waals surface area contributed by atoms with Crippen LogP contribution in [-0.4, -0.2) is 53.6 Å². The van der Waals surface area contributed by atoms with Crippen LogP contribution >= 0.6 is 0 Å². The predicted molar refractivity (Wildman–Crippen MR) is 77.8 cm³/mol. The molecule has 2 fully saturated rings. The van der Waals surface area contributed by atoms with Gasteiger partial charge in [0.2, 0.25) is 5.91 Å². The van der Waals surface area contributed by atoms with Gasteiger partial charge in [0, 0.05) is 13.1 Å². The summed E-state index contributed by atoms with van der Waals surface area (Å²) in [7, 11) is 0. The maximum Gasteiger partial charge on any atom is 0.243 e. The minimum Gasteiger partial charge on any atom is -0.325 e. The lowest BCUT2D eigenvalue weighted by Gasteiger charge is -2.26. The van der Waals surface area contributed by atoms with Crippen LogP contribution in [0.1, 0.15) is 47.0 Å². The molecule has 0 bridgehead atoms. The molecule has 2 aliphatic rings. The average Bonchev–Trinajstić information content (AvgIpc) is 2.97. The predicted octanol–water partition coefficient (Wildman–Crippen LogP) is 1.66. The van der Waals surface area contributed by atoms with Crippen molar-refractivity contribution in [3.8, 4) is 0 Å². The number of carbonyl (C=O) groups is 1. The van der Waals surface area contributed by atoms with Crippen molar-refractivity contribution >= 4 is 5.91 Å². The van der Waals surface area contributed by atoms with Gasteiger partial charge in [-0.2, -0.15) is 0 Å². The third-order valence-corrected chi connectivity index (χ3v) is 4.96. The maximum atomic E-state index is 12.6. The van der Waals surface area contributed by atoms with E-state index in [0.717, 1.165) is 32.5 Å². The molecule has 0 aliphatic carbocycles. The molecule has 0 radical (unpaired) electrons. The Balaban J connectivity index is 2.00. The summed E-state index contributed by atoms with van der Waals surface area (Å²) in [5.41, 5.74) is -0.344. The molecule has 0 aromatic heterocycles. The van der Waals surface area contributed by atoms with E-state index in [4.69, 9.17) is 0 Å². The van der Waals surface area contributed by atoms with E-state index >= 15 is 0 Å². The van der Waals surface area contributed by atoms with Gasteiger partial charge in [-0.15, -0.1) is 0 Å². The fourth-order valence-electron chi connectivity index (χ4n) is 3.38. The standard InChI is InChI=1S/C15H29N3O/c1-5-13-16-15(4,6-2)14(19)18(13)11-12-8-9-17(7-3)10-12/h12-13,16H,5-11H2,1-4H3. The Morgan fingerprint density at radius 2 is 2.11 bits per heavy atom. The van der Waals surface area contributed by atoms with Gasteiger partial charge in [0.25, 0.3) is 0 Å². The molecule has 0 aromatic rings. The number of hydrogen-bond donors (Lipinski definition) is 1. The van der Waals surface area contributed by atoms with E-state index in [1.54, 1.807) is 0 Å². The number of amides is 1. The van der Waals surface area contributed by atoms with Crippen LogP contribution in [0.2, 0.25) is 0 Å². The molecule has 0 spiro atoms. The third kappa shape index (κ3) is 2.79. The van der Waals surface area contributed by atoms with E-state index in [9.17, 15) is 4.79 Å². The number of rotatable bonds is 5. The number of carbonyl (C=O) groups excluding carboxylic acids is 1. The molecule has 19 heavy (non-hydrogen) atoms. The van der Waals surface area contributed by atoms with E-state index in [1.807, 2.05) is 6.92 Å². The van der Waals surface area contributed by atoms with E-state index in [2.05, 4.69) is 35.9 Å². The number of likely N-dealkylation sites (tertiary alicyclic amines) is 1. The number of nitrogens with zero attached hydrogens (tertiary/aromatic N) is 2. The molecule has 0 aromatic carbocycles. The minimum absolute atomic E-state index is 0.230. The molecule has 110 valence electrons. The highest BCUT2D eigenvalue weighted by atomic mass is 16.2. The normalized spacial score (nSPS) is 36.4. The molecule has 1 amide bonds. The first-order chi connectivity index (χ1) is 9.04. The fourth-order valence-corrected chi connectivity index (χ4v) is 3.38. The van der Waals surface area contributed by atoms with Crippen LogP contribution in [0.15, 0.2) is 0 Å². The van der Waals surface area contributed by atoms with Gasteiger partial charge in [0.15, 0.2) is 0 Å². The Morgan fingerprint density at radius 1 is 1.37 bits per heavy atom. The molecule has 2 aliphatic heterocycles. The quantitative estimate of drug-likeness (QED) is 0.823. The summed E-state index contributed by atoms with van der Waals surface area (Å²) in [5, 5.41) is 3.53. The lowest BCUT2D eigenvalue weighted by molar-refractivity contribution is -0.133. The van der Waals surface area contributed by atoms with Gasteiger partial charge in [-0.05, 0) is 45.2 Å². The van der Waals surface area contributed by atoms with Crippen molar-refractivity contribution in [3.63, 3.8) is 0 Å². The average molecular weight is 267 g/mol. The van der Waals surface area contributed by atoms with E-state index in [1.165, 1.54) is 13.0 Å². The van der Waals surface area contributed by atoms with E-state index in [0.29, 0.717) is 11.8 Å². The van der Waals surface area contributed by atoms with Gasteiger partial charge < -0.3 is 9.80 Å². The summed E-state index contributed by atoms with van der Waals surface area (Å²) in [6.45, 7) is 12.9. The van der Waals surface area contributed by atoms with Crippen molar-refractivity contribution in [2.24, 2.45) is 5.92 Å². The van der Waals surface area contributed by atoms with Gasteiger partial charge in [0.1, 0.15) is 0 Å². The molecule has 2 saturated heterocycles. The molecule has 2 heterocycles. The van der Waals surface area contributed by atoms with Gasteiger partial charge in [0.05, 0.1) is 11.7 Å². The first-order valence-corrected chi connectivity index (χ1v) is 7.85. The van der Waals surface area contributed by atoms with Gasteiger partial charge >= 0.3 is 0 Å². The first kappa shape index (κ1) is 14.8. The number of hydrogen-bond acceptors (Lipinski definition) is 3. The van der Waals surface area contributed by atoms with Crippen molar-refractivity contribution in [1.29, 1.82) is 0 Å². The van der Waals surface area contributed by atoms with Crippen LogP contribution in [0.3, 0.4) is 0 Å². The topological polar surface area (TPSA) is 35.6 Å². The Hall–Kier alpha value is -0.610. The molecule has 3 unspecified atom stereocenters. The molecular formula is C15H29N3O. The zero-order chi connectivity index (χ0) is 14.0. The highest BCUT2D eigenvalue weighted by Crippen LogP contribution is 2.27. The molecule has 0 saturated carbocycles. The highest BCUT2D eigenvalue weighted by Gasteiger charge is 2.46. The Labute approximate surface area is 117 Å². The van der Waals surface area contributed by atoms with Crippen LogP contribution in [0.25, 0.3) is 0 Å². The Kier molecular flexibility index (Phi) is 4.51. The lowest BCUT2D eigenvalue weighted by Crippen LogP contribution is -2.43. The second kappa shape index (κ2) is 5.80. The van der Waals surface area contributed by atoms with Crippen LogP contribution < -0.4 is 5.32 Å². The summed E-state index contributed by atoms with van der Waals surface area (Å²) < 4.78 is 0. The van der Waals surface area contributed by atoms with Gasteiger partial charge in [-0.25, -0.2) is 0 Å². The van der Waals surface area contributed by atoms with Gasteiger partial charge in [-0.3, -0.25) is 10.1 Å². The fraction of sp³-hybridized carbons (Fsp3) is 0.933. The monoisotopic (exact) mass is 267 g/mol. The first-order valence-electron chi connectivity index (χ1n) is 7.85. The second-order valence-corrected chi connectivity index (χ2v) is 6.26. The van der Waals surface area contributed by atoms with Crippen molar-refractivity contribution in [2.75, 3.05) is 26.2 Å². The van der Waals surface area contributed by atoms with Crippen molar-refractivity contribution in [1.82, 2.24) is 15.1 Å². The summed E-state index contributed by atoms with van der Waals surface area (Å²) in [4.78, 5) is 17.2. The van der Waals surface area contributed by atoms with Crippen molar-refractivity contribution in [3.05, 3.63) is 0 Å². The third-order valence-electron chi connectivity index (χ3n) is 4.96. The maximum absolute atomic E-state index is 12.6. The Morgan fingerprint density at radius 3 is 2.63 bits per heavy atom. The Bertz CT molecular complexity index is 333.